The highest BCUT2D eigenvalue weighted by Crippen LogP contribution is 2.43. The minimum Gasteiger partial charge on any atom is -0.313 e. The second kappa shape index (κ2) is 8.18. The van der Waals surface area contributed by atoms with Crippen LogP contribution in [0.15, 0.2) is 30.3 Å². The Balaban J connectivity index is 1.76. The summed E-state index contributed by atoms with van der Waals surface area (Å²) in [4.78, 5) is 23.9. The number of benzene rings is 1. The van der Waals surface area contributed by atoms with Crippen LogP contribution in [-0.2, 0) is 17.6 Å². The highest BCUT2D eigenvalue weighted by atomic mass is 32.1. The topological polar surface area (TPSA) is 96.0 Å². The average Bonchev–Trinajstić information content (AvgIpc) is 3.01. The molecule has 1 aliphatic rings. The number of non-ortho nitro benzene ring substituents is 1. The van der Waals surface area contributed by atoms with Crippen LogP contribution in [0.1, 0.15) is 48.8 Å². The number of anilines is 1. The summed E-state index contributed by atoms with van der Waals surface area (Å²) >= 11 is 1.49. The molecule has 0 spiro atoms. The predicted octanol–water partition coefficient (Wildman–Crippen LogP) is 5.33. The van der Waals surface area contributed by atoms with Crippen molar-refractivity contribution in [2.45, 2.75) is 40.0 Å². The molecule has 1 atom stereocenters. The maximum atomic E-state index is 12.4. The van der Waals surface area contributed by atoms with Crippen molar-refractivity contribution in [2.24, 2.45) is 11.3 Å². The molecule has 0 unspecified atom stereocenters. The summed E-state index contributed by atoms with van der Waals surface area (Å²) in [6.45, 7) is 6.72. The normalized spacial score (nSPS) is 16.3. The summed E-state index contributed by atoms with van der Waals surface area (Å²) in [6.07, 6.45) is 5.68. The third kappa shape index (κ3) is 4.72. The van der Waals surface area contributed by atoms with E-state index < -0.39 is 4.92 Å². The molecule has 0 radical (unpaired) electrons. The molecule has 29 heavy (non-hydrogen) atoms. The minimum atomic E-state index is -0.475. The predicted molar refractivity (Wildman–Crippen MR) is 115 cm³/mol. The fourth-order valence-corrected chi connectivity index (χ4v) is 4.88. The fraction of sp³-hybridized carbons (Fsp3) is 0.364. The van der Waals surface area contributed by atoms with E-state index in [0.717, 1.165) is 24.8 Å². The van der Waals surface area contributed by atoms with Gasteiger partial charge in [-0.3, -0.25) is 14.9 Å². The number of nitro benzene ring substituents is 1. The Labute approximate surface area is 174 Å². The lowest BCUT2D eigenvalue weighted by Gasteiger charge is -2.33. The van der Waals surface area contributed by atoms with Crippen molar-refractivity contribution in [3.63, 3.8) is 0 Å². The second-order valence-corrected chi connectivity index (χ2v) is 9.41. The number of nitriles is 1. The van der Waals surface area contributed by atoms with Crippen molar-refractivity contribution in [2.75, 3.05) is 5.32 Å². The van der Waals surface area contributed by atoms with Gasteiger partial charge in [-0.25, -0.2) is 0 Å². The molecular weight excluding hydrogens is 386 g/mol. The summed E-state index contributed by atoms with van der Waals surface area (Å²) < 4.78 is 0. The number of rotatable bonds is 4. The molecule has 0 fully saturated rings. The molecule has 1 amide bonds. The van der Waals surface area contributed by atoms with Crippen molar-refractivity contribution < 1.29 is 9.72 Å². The lowest BCUT2D eigenvalue weighted by Crippen LogP contribution is -2.26. The number of hydrogen-bond acceptors (Lipinski definition) is 5. The number of carbonyl (C=O) groups excluding carboxylic acids is 1. The Morgan fingerprint density at radius 2 is 2.17 bits per heavy atom. The Morgan fingerprint density at radius 1 is 1.41 bits per heavy atom. The van der Waals surface area contributed by atoms with Gasteiger partial charge in [0.15, 0.2) is 0 Å². The minimum absolute atomic E-state index is 0.0290. The SMILES string of the molecule is CC(C)(C)[C@H]1CCc2c(sc(NC(=O)/C=C\c3cccc([N+](=O)[O-])c3)c2C#N)C1. The maximum Gasteiger partial charge on any atom is 0.270 e. The zero-order chi connectivity index (χ0) is 21.2. The Kier molecular flexibility index (Phi) is 5.85. The number of nitro groups is 1. The van der Waals surface area contributed by atoms with E-state index in [1.54, 1.807) is 12.1 Å². The van der Waals surface area contributed by atoms with Gasteiger partial charge in [0.2, 0.25) is 5.91 Å². The van der Waals surface area contributed by atoms with E-state index in [1.807, 2.05) is 0 Å². The van der Waals surface area contributed by atoms with Gasteiger partial charge < -0.3 is 5.32 Å². The summed E-state index contributed by atoms with van der Waals surface area (Å²) in [5, 5.41) is 23.9. The van der Waals surface area contributed by atoms with Gasteiger partial charge in [-0.05, 0) is 47.8 Å². The van der Waals surface area contributed by atoms with Crippen LogP contribution in [0.3, 0.4) is 0 Å². The van der Waals surface area contributed by atoms with Crippen LogP contribution < -0.4 is 5.32 Å². The molecule has 150 valence electrons. The van der Waals surface area contributed by atoms with Gasteiger partial charge in [-0.15, -0.1) is 11.3 Å². The van der Waals surface area contributed by atoms with E-state index in [0.29, 0.717) is 22.0 Å². The molecule has 1 N–H and O–H groups in total. The molecular formula is C22H23N3O3S. The van der Waals surface area contributed by atoms with Crippen LogP contribution in [0.25, 0.3) is 6.08 Å². The third-order valence-corrected chi connectivity index (χ3v) is 6.52. The average molecular weight is 410 g/mol. The first-order chi connectivity index (χ1) is 13.7. The molecule has 1 heterocycles. The molecule has 1 aliphatic carbocycles. The number of amides is 1. The second-order valence-electron chi connectivity index (χ2n) is 8.30. The monoisotopic (exact) mass is 409 g/mol. The van der Waals surface area contributed by atoms with Crippen molar-refractivity contribution in [1.82, 2.24) is 0 Å². The first-order valence-electron chi connectivity index (χ1n) is 9.47. The van der Waals surface area contributed by atoms with E-state index in [1.165, 1.54) is 40.5 Å². The standard InChI is InChI=1S/C22H23N3O3S/c1-22(2,3)15-8-9-17-18(13-23)21(29-19(17)12-15)24-20(26)10-7-14-5-4-6-16(11-14)25(27)28/h4-7,10-11,15H,8-9,12H2,1-3H3,(H,24,26)/b10-7-/t15-/m0/s1. The van der Waals surface area contributed by atoms with E-state index in [4.69, 9.17) is 0 Å². The number of nitrogens with zero attached hydrogens (tertiary/aromatic N) is 2. The Hall–Kier alpha value is -2.98. The molecule has 0 saturated carbocycles. The Bertz CT molecular complexity index is 1020. The van der Waals surface area contributed by atoms with E-state index in [9.17, 15) is 20.2 Å². The number of hydrogen-bond donors (Lipinski definition) is 1. The van der Waals surface area contributed by atoms with Crippen LogP contribution in [0.2, 0.25) is 0 Å². The van der Waals surface area contributed by atoms with E-state index >= 15 is 0 Å². The molecule has 3 rings (SSSR count). The summed E-state index contributed by atoms with van der Waals surface area (Å²) in [7, 11) is 0. The van der Waals surface area contributed by atoms with Crippen LogP contribution in [0.4, 0.5) is 10.7 Å². The van der Waals surface area contributed by atoms with Crippen molar-refractivity contribution in [3.8, 4) is 6.07 Å². The van der Waals surface area contributed by atoms with Gasteiger partial charge >= 0.3 is 0 Å². The van der Waals surface area contributed by atoms with Crippen molar-refractivity contribution in [3.05, 3.63) is 62.0 Å². The lowest BCUT2D eigenvalue weighted by molar-refractivity contribution is -0.384. The van der Waals surface area contributed by atoms with Gasteiger partial charge in [0.05, 0.1) is 10.5 Å². The molecule has 0 saturated heterocycles. The van der Waals surface area contributed by atoms with Crippen LogP contribution in [0, 0.1) is 32.8 Å². The largest absolute Gasteiger partial charge is 0.313 e. The molecule has 1 aromatic carbocycles. The number of nitrogens with one attached hydrogen (secondary N) is 1. The Morgan fingerprint density at radius 3 is 2.83 bits per heavy atom. The zero-order valence-corrected chi connectivity index (χ0v) is 17.5. The fourth-order valence-electron chi connectivity index (χ4n) is 3.60. The highest BCUT2D eigenvalue weighted by Gasteiger charge is 2.32. The molecule has 0 bridgehead atoms. The van der Waals surface area contributed by atoms with Gasteiger partial charge in [0.1, 0.15) is 11.1 Å². The maximum absolute atomic E-state index is 12.4. The summed E-state index contributed by atoms with van der Waals surface area (Å²) in [5.41, 5.74) is 2.37. The number of thiophene rings is 1. The lowest BCUT2D eigenvalue weighted by atomic mass is 9.72. The highest BCUT2D eigenvalue weighted by molar-refractivity contribution is 7.16. The van der Waals surface area contributed by atoms with Crippen LogP contribution >= 0.6 is 11.3 Å². The van der Waals surface area contributed by atoms with E-state index in [2.05, 4.69) is 32.2 Å². The third-order valence-electron chi connectivity index (χ3n) is 5.35. The smallest absolute Gasteiger partial charge is 0.270 e. The molecule has 1 aromatic heterocycles. The van der Waals surface area contributed by atoms with E-state index in [-0.39, 0.29) is 17.0 Å². The molecule has 6 nitrogen and oxygen atoms in total. The number of carbonyl (C=O) groups is 1. The molecule has 0 aliphatic heterocycles. The van der Waals surface area contributed by atoms with Gasteiger partial charge in [0.25, 0.3) is 5.69 Å². The first-order valence-corrected chi connectivity index (χ1v) is 10.3. The summed E-state index contributed by atoms with van der Waals surface area (Å²) in [6, 6.07) is 8.32. The van der Waals surface area contributed by atoms with Gasteiger partial charge in [-0.1, -0.05) is 32.9 Å². The summed E-state index contributed by atoms with van der Waals surface area (Å²) in [5.74, 6) is 0.191. The number of fused-ring (bicyclic) bond motifs is 1. The first kappa shape index (κ1) is 20.7. The molecule has 7 heteroatoms. The quantitative estimate of drug-likeness (QED) is 0.419. The zero-order valence-electron chi connectivity index (χ0n) is 16.7. The molecule has 2 aromatic rings. The van der Waals surface area contributed by atoms with Crippen molar-refractivity contribution >= 4 is 34.0 Å². The van der Waals surface area contributed by atoms with Gasteiger partial charge in [-0.2, -0.15) is 5.26 Å². The van der Waals surface area contributed by atoms with Crippen LogP contribution in [-0.4, -0.2) is 10.8 Å². The van der Waals surface area contributed by atoms with Crippen LogP contribution in [0.5, 0.6) is 0 Å². The van der Waals surface area contributed by atoms with Crippen molar-refractivity contribution in [1.29, 1.82) is 5.26 Å². The van der Waals surface area contributed by atoms with Gasteiger partial charge in [0, 0.05) is 23.1 Å².